The molecule has 0 aliphatic heterocycles. The Kier molecular flexibility index (Phi) is 24.6. The number of nitrogens with one attached hydrogen (secondary N) is 1. The lowest BCUT2D eigenvalue weighted by atomic mass is 10.1. The molecule has 2 atom stereocenters. The van der Waals surface area contributed by atoms with Crippen molar-refractivity contribution in [1.82, 2.24) is 5.32 Å². The smallest absolute Gasteiger partial charge is 0.220 e. The van der Waals surface area contributed by atoms with Crippen LogP contribution in [0.2, 0.25) is 0 Å². The fourth-order valence-corrected chi connectivity index (χ4v) is 3.93. The molecule has 0 saturated carbocycles. The molecule has 0 radical (unpaired) electrons. The molecule has 0 spiro atoms. The van der Waals surface area contributed by atoms with E-state index in [9.17, 15) is 15.0 Å². The molecule has 0 aromatic heterocycles. The monoisotopic (exact) mass is 465 g/mol. The standard InChI is InChI=1S/C29H55NO3/c1-3-5-7-9-10-11-12-13-14-15-16-17-18-19-21-23-25-29(33)30-27(26-31)28(32)24-22-20-8-6-4-2/h14-15,22,24,27-28,31-32H,3-13,16-21,23,25-26H2,1-2H3,(H,30,33)/b15-14-,24-22+. The Morgan fingerprint density at radius 2 is 1.15 bits per heavy atom. The number of aliphatic hydroxyl groups is 2. The van der Waals surface area contributed by atoms with Crippen LogP contribution in [-0.4, -0.2) is 34.9 Å². The van der Waals surface area contributed by atoms with Crippen LogP contribution in [0.25, 0.3) is 0 Å². The Morgan fingerprint density at radius 3 is 1.73 bits per heavy atom. The first-order valence-electron chi connectivity index (χ1n) is 14.1. The van der Waals surface area contributed by atoms with Gasteiger partial charge in [0.15, 0.2) is 0 Å². The summed E-state index contributed by atoms with van der Waals surface area (Å²) in [6.45, 7) is 4.17. The maximum Gasteiger partial charge on any atom is 0.220 e. The van der Waals surface area contributed by atoms with Crippen molar-refractivity contribution in [1.29, 1.82) is 0 Å². The Labute approximate surface area is 205 Å². The van der Waals surface area contributed by atoms with E-state index in [-0.39, 0.29) is 12.5 Å². The summed E-state index contributed by atoms with van der Waals surface area (Å²) < 4.78 is 0. The van der Waals surface area contributed by atoms with Crippen LogP contribution in [-0.2, 0) is 4.79 Å². The summed E-state index contributed by atoms with van der Waals surface area (Å²) in [7, 11) is 0. The van der Waals surface area contributed by atoms with Gasteiger partial charge in [0.05, 0.1) is 18.8 Å². The highest BCUT2D eigenvalue weighted by Gasteiger charge is 2.17. The maximum absolute atomic E-state index is 12.1. The van der Waals surface area contributed by atoms with Gasteiger partial charge in [0.25, 0.3) is 0 Å². The van der Waals surface area contributed by atoms with Crippen LogP contribution in [0.5, 0.6) is 0 Å². The number of carbonyl (C=O) groups excluding carboxylic acids is 1. The van der Waals surface area contributed by atoms with Crippen molar-refractivity contribution in [2.75, 3.05) is 6.61 Å². The van der Waals surface area contributed by atoms with Gasteiger partial charge in [-0.25, -0.2) is 0 Å². The first-order valence-corrected chi connectivity index (χ1v) is 14.1. The van der Waals surface area contributed by atoms with Gasteiger partial charge < -0.3 is 15.5 Å². The molecule has 3 N–H and O–H groups in total. The maximum atomic E-state index is 12.1. The number of amides is 1. The van der Waals surface area contributed by atoms with E-state index in [1.165, 1.54) is 83.5 Å². The third kappa shape index (κ3) is 22.4. The van der Waals surface area contributed by atoms with Crippen LogP contribution in [0.4, 0.5) is 0 Å². The Hall–Kier alpha value is -1.13. The molecule has 0 aliphatic rings. The van der Waals surface area contributed by atoms with E-state index in [2.05, 4.69) is 31.3 Å². The molecule has 0 bridgehead atoms. The highest BCUT2D eigenvalue weighted by molar-refractivity contribution is 5.76. The minimum absolute atomic E-state index is 0.0826. The topological polar surface area (TPSA) is 69.6 Å². The van der Waals surface area contributed by atoms with Gasteiger partial charge in [0, 0.05) is 6.42 Å². The summed E-state index contributed by atoms with van der Waals surface area (Å²) in [5.74, 6) is -0.0826. The summed E-state index contributed by atoms with van der Waals surface area (Å²) >= 11 is 0. The van der Waals surface area contributed by atoms with Crippen LogP contribution in [0.15, 0.2) is 24.3 Å². The quantitative estimate of drug-likeness (QED) is 0.103. The van der Waals surface area contributed by atoms with Crippen molar-refractivity contribution < 1.29 is 15.0 Å². The van der Waals surface area contributed by atoms with Crippen molar-refractivity contribution in [3.05, 3.63) is 24.3 Å². The number of allylic oxidation sites excluding steroid dienone is 3. The van der Waals surface area contributed by atoms with Crippen molar-refractivity contribution in [3.8, 4) is 0 Å². The predicted molar refractivity (Wildman–Crippen MR) is 142 cm³/mol. The molecule has 33 heavy (non-hydrogen) atoms. The lowest BCUT2D eigenvalue weighted by Gasteiger charge is -2.19. The van der Waals surface area contributed by atoms with Crippen LogP contribution < -0.4 is 5.32 Å². The fourth-order valence-electron chi connectivity index (χ4n) is 3.93. The summed E-state index contributed by atoms with van der Waals surface area (Å²) in [5.41, 5.74) is 0. The molecular weight excluding hydrogens is 410 g/mol. The van der Waals surface area contributed by atoms with E-state index >= 15 is 0 Å². The van der Waals surface area contributed by atoms with Crippen molar-refractivity contribution >= 4 is 5.91 Å². The summed E-state index contributed by atoms with van der Waals surface area (Å²) in [4.78, 5) is 12.1. The molecule has 0 rings (SSSR count). The molecule has 4 nitrogen and oxygen atoms in total. The first-order chi connectivity index (χ1) is 16.2. The van der Waals surface area contributed by atoms with Crippen molar-refractivity contribution in [2.45, 2.75) is 148 Å². The van der Waals surface area contributed by atoms with Gasteiger partial charge in [-0.05, 0) is 44.9 Å². The second-order valence-corrected chi connectivity index (χ2v) is 9.46. The van der Waals surface area contributed by atoms with E-state index in [1.54, 1.807) is 6.08 Å². The lowest BCUT2D eigenvalue weighted by Crippen LogP contribution is -2.45. The zero-order valence-corrected chi connectivity index (χ0v) is 21.9. The van der Waals surface area contributed by atoms with Gasteiger partial charge in [-0.3, -0.25) is 4.79 Å². The Balaban J connectivity index is 3.61. The summed E-state index contributed by atoms with van der Waals surface area (Å²) in [5, 5.41) is 22.4. The number of hydrogen-bond acceptors (Lipinski definition) is 3. The largest absolute Gasteiger partial charge is 0.394 e. The van der Waals surface area contributed by atoms with Gasteiger partial charge in [0.1, 0.15) is 0 Å². The lowest BCUT2D eigenvalue weighted by molar-refractivity contribution is -0.123. The first kappa shape index (κ1) is 31.9. The highest BCUT2D eigenvalue weighted by Crippen LogP contribution is 2.11. The highest BCUT2D eigenvalue weighted by atomic mass is 16.3. The molecule has 1 amide bonds. The molecular formula is C29H55NO3. The molecule has 0 aromatic rings. The molecule has 0 saturated heterocycles. The average Bonchev–Trinajstić information content (AvgIpc) is 2.82. The predicted octanol–water partition coefficient (Wildman–Crippen LogP) is 7.39. The number of aliphatic hydroxyl groups excluding tert-OH is 2. The average molecular weight is 466 g/mol. The molecule has 4 heteroatoms. The number of hydrogen-bond donors (Lipinski definition) is 3. The van der Waals surface area contributed by atoms with Gasteiger partial charge in [0.2, 0.25) is 5.91 Å². The van der Waals surface area contributed by atoms with Gasteiger partial charge in [-0.15, -0.1) is 0 Å². The van der Waals surface area contributed by atoms with E-state index in [0.717, 1.165) is 32.1 Å². The molecule has 0 fully saturated rings. The van der Waals surface area contributed by atoms with E-state index in [0.29, 0.717) is 6.42 Å². The molecule has 194 valence electrons. The molecule has 2 unspecified atom stereocenters. The van der Waals surface area contributed by atoms with Gasteiger partial charge in [-0.1, -0.05) is 109 Å². The third-order valence-electron chi connectivity index (χ3n) is 6.18. The molecule has 0 heterocycles. The van der Waals surface area contributed by atoms with Crippen LogP contribution in [0.3, 0.4) is 0 Å². The van der Waals surface area contributed by atoms with Crippen LogP contribution >= 0.6 is 0 Å². The van der Waals surface area contributed by atoms with Crippen molar-refractivity contribution in [3.63, 3.8) is 0 Å². The fraction of sp³-hybridized carbons (Fsp3) is 0.828. The van der Waals surface area contributed by atoms with E-state index in [1.807, 2.05) is 6.08 Å². The van der Waals surface area contributed by atoms with E-state index in [4.69, 9.17) is 0 Å². The summed E-state index contributed by atoms with van der Waals surface area (Å²) in [6, 6.07) is -0.618. The number of unbranched alkanes of at least 4 members (excludes halogenated alkanes) is 15. The van der Waals surface area contributed by atoms with Crippen LogP contribution in [0.1, 0.15) is 136 Å². The zero-order valence-electron chi connectivity index (χ0n) is 21.9. The second-order valence-electron chi connectivity index (χ2n) is 9.46. The van der Waals surface area contributed by atoms with Crippen molar-refractivity contribution in [2.24, 2.45) is 0 Å². The van der Waals surface area contributed by atoms with Gasteiger partial charge in [-0.2, -0.15) is 0 Å². The second kappa shape index (κ2) is 25.5. The Bertz CT molecular complexity index is 475. The molecule has 0 aliphatic carbocycles. The number of carbonyl (C=O) groups is 1. The normalized spacial score (nSPS) is 13.7. The minimum atomic E-state index is -0.834. The SMILES string of the molecule is CCCCC/C=C/C(O)C(CO)NC(=O)CCCCCCC/C=C\CCCCCCCCC. The summed E-state index contributed by atoms with van der Waals surface area (Å²) in [6.07, 6.45) is 29.8. The van der Waals surface area contributed by atoms with E-state index < -0.39 is 12.1 Å². The van der Waals surface area contributed by atoms with Gasteiger partial charge >= 0.3 is 0 Å². The zero-order chi connectivity index (χ0) is 24.4. The third-order valence-corrected chi connectivity index (χ3v) is 6.18. The number of rotatable bonds is 24. The van der Waals surface area contributed by atoms with Crippen LogP contribution in [0, 0.1) is 0 Å². The minimum Gasteiger partial charge on any atom is -0.394 e. The molecule has 0 aromatic carbocycles. The Morgan fingerprint density at radius 1 is 0.697 bits per heavy atom.